The predicted octanol–water partition coefficient (Wildman–Crippen LogP) is 2.07. The summed E-state index contributed by atoms with van der Waals surface area (Å²) >= 11 is 0. The highest BCUT2D eigenvalue weighted by Gasteiger charge is 2.68. The Kier molecular flexibility index (Phi) is 3.44. The second kappa shape index (κ2) is 4.93. The molecule has 7 atom stereocenters. The van der Waals surface area contributed by atoms with E-state index in [9.17, 15) is 20.1 Å². The van der Waals surface area contributed by atoms with Crippen LogP contribution in [0, 0.1) is 33.5 Å². The third-order valence-corrected chi connectivity index (χ3v) is 8.61. The van der Waals surface area contributed by atoms with Crippen molar-refractivity contribution >= 4 is 5.78 Å². The normalized spacial score (nSPS) is 56.0. The van der Waals surface area contributed by atoms with E-state index in [2.05, 4.69) is 19.9 Å². The topological polar surface area (TPSA) is 77.8 Å². The van der Waals surface area contributed by atoms with E-state index in [1.54, 1.807) is 0 Å². The SMILES string of the molecule is C[C@]1(CO)CC[C@H](O)[C@]2(C)[C@@H]1CC[C@]13C=C[C@](CO)(C1)C(=O)C[C@H]32. The zero-order valence-electron chi connectivity index (χ0n) is 14.8. The van der Waals surface area contributed by atoms with Gasteiger partial charge in [-0.2, -0.15) is 0 Å². The number of hydrogen-bond donors (Lipinski definition) is 3. The molecule has 3 saturated carbocycles. The molecule has 0 unspecified atom stereocenters. The van der Waals surface area contributed by atoms with Crippen molar-refractivity contribution in [2.75, 3.05) is 13.2 Å². The van der Waals surface area contributed by atoms with Crippen LogP contribution >= 0.6 is 0 Å². The molecule has 3 N–H and O–H groups in total. The second-order valence-corrected chi connectivity index (χ2v) is 9.56. The van der Waals surface area contributed by atoms with E-state index in [4.69, 9.17) is 0 Å². The van der Waals surface area contributed by atoms with E-state index >= 15 is 0 Å². The van der Waals surface area contributed by atoms with Crippen molar-refractivity contribution in [3.05, 3.63) is 12.2 Å². The maximum atomic E-state index is 12.9. The number of fused-ring (bicyclic) bond motifs is 3. The van der Waals surface area contributed by atoms with Crippen LogP contribution in [0.2, 0.25) is 0 Å². The summed E-state index contributed by atoms with van der Waals surface area (Å²) in [4.78, 5) is 12.9. The molecule has 24 heavy (non-hydrogen) atoms. The summed E-state index contributed by atoms with van der Waals surface area (Å²) in [6, 6.07) is 0. The van der Waals surface area contributed by atoms with Crippen LogP contribution < -0.4 is 0 Å². The molecular formula is C20H30O4. The summed E-state index contributed by atoms with van der Waals surface area (Å²) < 4.78 is 0. The van der Waals surface area contributed by atoms with Crippen LogP contribution in [-0.4, -0.2) is 40.4 Å². The molecule has 0 aromatic carbocycles. The number of rotatable bonds is 2. The predicted molar refractivity (Wildman–Crippen MR) is 90.1 cm³/mol. The Hall–Kier alpha value is -0.710. The molecule has 4 nitrogen and oxygen atoms in total. The molecule has 2 bridgehead atoms. The molecule has 0 aromatic heterocycles. The Morgan fingerprint density at radius 3 is 2.50 bits per heavy atom. The molecule has 134 valence electrons. The first-order valence-corrected chi connectivity index (χ1v) is 9.40. The fraction of sp³-hybridized carbons (Fsp3) is 0.850. The Bertz CT molecular complexity index is 600. The maximum Gasteiger partial charge on any atom is 0.145 e. The molecule has 3 fully saturated rings. The molecule has 0 amide bonds. The number of allylic oxidation sites excluding steroid dienone is 1. The first-order valence-electron chi connectivity index (χ1n) is 9.40. The lowest BCUT2D eigenvalue weighted by molar-refractivity contribution is -0.206. The number of ketones is 1. The van der Waals surface area contributed by atoms with Gasteiger partial charge >= 0.3 is 0 Å². The third kappa shape index (κ3) is 1.77. The van der Waals surface area contributed by atoms with Crippen LogP contribution in [0.1, 0.15) is 52.4 Å². The standard InChI is InChI=1S/C20H30O4/c1-17(11-21)5-4-15(23)18(2)13(17)3-6-19-7-8-20(10-19,12-22)16(24)9-14(18)19/h7-8,13-15,21-23H,3-6,9-12H2,1-2H3/t13-,14+,15+,17-,18-,19+,20-/m1/s1. The molecule has 0 aliphatic heterocycles. The average Bonchev–Trinajstić information content (AvgIpc) is 2.90. The molecule has 4 aliphatic rings. The second-order valence-electron chi connectivity index (χ2n) is 9.56. The molecule has 4 rings (SSSR count). The van der Waals surface area contributed by atoms with E-state index < -0.39 is 11.5 Å². The summed E-state index contributed by atoms with van der Waals surface area (Å²) in [6.07, 6.45) is 8.37. The van der Waals surface area contributed by atoms with E-state index in [0.29, 0.717) is 19.3 Å². The lowest BCUT2D eigenvalue weighted by Gasteiger charge is -2.65. The highest BCUT2D eigenvalue weighted by Crippen LogP contribution is 2.70. The van der Waals surface area contributed by atoms with Crippen LogP contribution in [-0.2, 0) is 4.79 Å². The fourth-order valence-corrected chi connectivity index (χ4v) is 7.11. The minimum Gasteiger partial charge on any atom is -0.396 e. The minimum atomic E-state index is -0.681. The molecule has 0 radical (unpaired) electrons. The van der Waals surface area contributed by atoms with Crippen molar-refractivity contribution < 1.29 is 20.1 Å². The van der Waals surface area contributed by atoms with Gasteiger partial charge in [0.15, 0.2) is 0 Å². The Labute approximate surface area is 144 Å². The molecule has 0 aromatic rings. The van der Waals surface area contributed by atoms with Crippen LogP contribution in [0.25, 0.3) is 0 Å². The monoisotopic (exact) mass is 334 g/mol. The Balaban J connectivity index is 1.80. The number of hydrogen-bond acceptors (Lipinski definition) is 4. The van der Waals surface area contributed by atoms with Gasteiger partial charge in [0.2, 0.25) is 0 Å². The lowest BCUT2D eigenvalue weighted by atomic mass is 9.39. The smallest absolute Gasteiger partial charge is 0.145 e. The van der Waals surface area contributed by atoms with E-state index in [0.717, 1.165) is 19.3 Å². The van der Waals surface area contributed by atoms with Crippen molar-refractivity contribution in [2.45, 2.75) is 58.5 Å². The molecule has 1 spiro atoms. The first-order chi connectivity index (χ1) is 11.3. The van der Waals surface area contributed by atoms with Gasteiger partial charge in [-0.25, -0.2) is 0 Å². The van der Waals surface area contributed by atoms with Crippen molar-refractivity contribution in [1.82, 2.24) is 0 Å². The Morgan fingerprint density at radius 1 is 1.08 bits per heavy atom. The maximum absolute atomic E-state index is 12.9. The molecule has 4 aliphatic carbocycles. The van der Waals surface area contributed by atoms with Crippen molar-refractivity contribution in [3.8, 4) is 0 Å². The lowest BCUT2D eigenvalue weighted by Crippen LogP contribution is -2.64. The van der Waals surface area contributed by atoms with Gasteiger partial charge in [-0.1, -0.05) is 26.0 Å². The van der Waals surface area contributed by atoms with Gasteiger partial charge in [0.05, 0.1) is 18.1 Å². The number of aliphatic hydroxyl groups is 3. The fourth-order valence-electron chi connectivity index (χ4n) is 7.11. The summed E-state index contributed by atoms with van der Waals surface area (Å²) in [7, 11) is 0. The van der Waals surface area contributed by atoms with E-state index in [1.807, 2.05) is 6.08 Å². The van der Waals surface area contributed by atoms with Crippen molar-refractivity contribution in [2.24, 2.45) is 33.5 Å². The summed E-state index contributed by atoms with van der Waals surface area (Å²) in [5.74, 6) is 0.471. The number of carbonyl (C=O) groups excluding carboxylic acids is 1. The van der Waals surface area contributed by atoms with Gasteiger partial charge in [0, 0.05) is 18.4 Å². The van der Waals surface area contributed by atoms with E-state index in [1.165, 1.54) is 0 Å². The van der Waals surface area contributed by atoms with Gasteiger partial charge in [-0.15, -0.1) is 0 Å². The third-order valence-electron chi connectivity index (χ3n) is 8.61. The van der Waals surface area contributed by atoms with Crippen molar-refractivity contribution in [1.29, 1.82) is 0 Å². The quantitative estimate of drug-likeness (QED) is 0.676. The minimum absolute atomic E-state index is 0.0728. The summed E-state index contributed by atoms with van der Waals surface area (Å²) in [6.45, 7) is 4.34. The largest absolute Gasteiger partial charge is 0.396 e. The zero-order chi connectivity index (χ0) is 17.4. The number of Topliss-reactive ketones (excluding diaryl/α,β-unsaturated/α-hetero) is 1. The van der Waals surface area contributed by atoms with Crippen LogP contribution in [0.4, 0.5) is 0 Å². The summed E-state index contributed by atoms with van der Waals surface area (Å²) in [5, 5.41) is 30.9. The highest BCUT2D eigenvalue weighted by atomic mass is 16.3. The van der Waals surface area contributed by atoms with Gasteiger partial charge in [0.1, 0.15) is 5.78 Å². The van der Waals surface area contributed by atoms with Crippen LogP contribution in [0.5, 0.6) is 0 Å². The summed E-state index contributed by atoms with van der Waals surface area (Å²) in [5.41, 5.74) is -1.28. The van der Waals surface area contributed by atoms with Gasteiger partial charge < -0.3 is 15.3 Å². The molecule has 0 saturated heterocycles. The number of aliphatic hydroxyl groups excluding tert-OH is 3. The van der Waals surface area contributed by atoms with Crippen LogP contribution in [0.15, 0.2) is 12.2 Å². The molecule has 4 heteroatoms. The zero-order valence-corrected chi connectivity index (χ0v) is 14.8. The van der Waals surface area contributed by atoms with E-state index in [-0.39, 0.29) is 47.1 Å². The van der Waals surface area contributed by atoms with Gasteiger partial charge in [-0.05, 0) is 54.8 Å². The average molecular weight is 334 g/mol. The van der Waals surface area contributed by atoms with Crippen LogP contribution in [0.3, 0.4) is 0 Å². The Morgan fingerprint density at radius 2 is 1.83 bits per heavy atom. The highest BCUT2D eigenvalue weighted by molar-refractivity contribution is 5.89. The molecular weight excluding hydrogens is 304 g/mol. The molecule has 0 heterocycles. The van der Waals surface area contributed by atoms with Gasteiger partial charge in [0.25, 0.3) is 0 Å². The number of carbonyl (C=O) groups is 1. The van der Waals surface area contributed by atoms with Gasteiger partial charge in [-0.3, -0.25) is 4.79 Å². The van der Waals surface area contributed by atoms with Crippen molar-refractivity contribution in [3.63, 3.8) is 0 Å². The first kappa shape index (κ1) is 16.7.